The molecule has 6 rings (SSSR count). The maximum absolute atomic E-state index is 6.04. The first-order valence-corrected chi connectivity index (χ1v) is 14.5. The fourth-order valence-electron chi connectivity index (χ4n) is 4.79. The lowest BCUT2D eigenvalue weighted by Crippen LogP contribution is -2.20. The zero-order chi connectivity index (χ0) is 26.9. The van der Waals surface area contributed by atoms with E-state index >= 15 is 0 Å². The third-order valence-corrected chi connectivity index (χ3v) is 8.28. The van der Waals surface area contributed by atoms with Crippen LogP contribution in [0.2, 0.25) is 0 Å². The SMILES string of the molecule is COc1cc2c(NSc3c(OC)cc(Br)cc3OC)noc2cc1Nc1cc(C2CC2)n(C2CCCCO2)n1. The van der Waals surface area contributed by atoms with Crippen LogP contribution < -0.4 is 24.2 Å². The first kappa shape index (κ1) is 26.1. The maximum Gasteiger partial charge on any atom is 0.187 e. The Morgan fingerprint density at radius 1 is 0.974 bits per heavy atom. The summed E-state index contributed by atoms with van der Waals surface area (Å²) in [7, 11) is 4.88. The predicted octanol–water partition coefficient (Wildman–Crippen LogP) is 7.25. The largest absolute Gasteiger partial charge is 0.495 e. The monoisotopic (exact) mass is 615 g/mol. The van der Waals surface area contributed by atoms with Crippen molar-refractivity contribution in [3.8, 4) is 17.2 Å². The minimum atomic E-state index is -0.00217. The van der Waals surface area contributed by atoms with Crippen molar-refractivity contribution >= 4 is 56.2 Å². The molecule has 1 aliphatic carbocycles. The van der Waals surface area contributed by atoms with Gasteiger partial charge in [-0.15, -0.1) is 0 Å². The zero-order valence-electron chi connectivity index (χ0n) is 22.0. The van der Waals surface area contributed by atoms with Crippen molar-refractivity contribution in [1.29, 1.82) is 0 Å². The number of anilines is 3. The molecular weight excluding hydrogens is 586 g/mol. The minimum absolute atomic E-state index is 0.00217. The van der Waals surface area contributed by atoms with Crippen LogP contribution >= 0.6 is 27.9 Å². The molecule has 0 radical (unpaired) electrons. The second-order valence-corrected chi connectivity index (χ2v) is 11.3. The highest BCUT2D eigenvalue weighted by molar-refractivity contribution is 9.10. The molecule has 3 heterocycles. The number of rotatable bonds is 10. The highest BCUT2D eigenvalue weighted by Crippen LogP contribution is 2.44. The molecular formula is C27H30BrN5O5S. The first-order valence-electron chi connectivity index (χ1n) is 12.9. The molecule has 2 N–H and O–H groups in total. The number of nitrogens with zero attached hydrogens (tertiary/aromatic N) is 3. The van der Waals surface area contributed by atoms with Crippen molar-refractivity contribution in [3.05, 3.63) is 40.5 Å². The predicted molar refractivity (Wildman–Crippen MR) is 154 cm³/mol. The third-order valence-electron chi connectivity index (χ3n) is 6.92. The number of fused-ring (bicyclic) bond motifs is 1. The van der Waals surface area contributed by atoms with Crippen molar-refractivity contribution in [2.45, 2.75) is 49.1 Å². The molecule has 1 aliphatic heterocycles. The quantitative estimate of drug-likeness (QED) is 0.177. The van der Waals surface area contributed by atoms with Crippen LogP contribution in [0.5, 0.6) is 17.2 Å². The lowest BCUT2D eigenvalue weighted by molar-refractivity contribution is -0.0409. The minimum Gasteiger partial charge on any atom is -0.495 e. The molecule has 2 aromatic carbocycles. The number of hydrogen-bond donors (Lipinski definition) is 2. The van der Waals surface area contributed by atoms with Crippen LogP contribution in [0.15, 0.2) is 44.2 Å². The number of hydrogen-bond acceptors (Lipinski definition) is 10. The number of methoxy groups -OCH3 is 3. The van der Waals surface area contributed by atoms with Gasteiger partial charge in [-0.1, -0.05) is 21.1 Å². The van der Waals surface area contributed by atoms with Gasteiger partial charge in [0.05, 0.1) is 32.4 Å². The van der Waals surface area contributed by atoms with Crippen molar-refractivity contribution in [2.75, 3.05) is 38.0 Å². The summed E-state index contributed by atoms with van der Waals surface area (Å²) >= 11 is 4.81. The highest BCUT2D eigenvalue weighted by atomic mass is 79.9. The van der Waals surface area contributed by atoms with Gasteiger partial charge in [0, 0.05) is 34.8 Å². The molecule has 10 nitrogen and oxygen atoms in total. The van der Waals surface area contributed by atoms with Crippen LogP contribution in [0.1, 0.15) is 49.9 Å². The Bertz CT molecular complexity index is 1460. The van der Waals surface area contributed by atoms with Crippen LogP contribution in [-0.4, -0.2) is 42.9 Å². The summed E-state index contributed by atoms with van der Waals surface area (Å²) in [6.45, 7) is 0.781. The van der Waals surface area contributed by atoms with Gasteiger partial charge in [-0.25, -0.2) is 4.68 Å². The standard InChI is InChI=1S/C27H30BrN5O5S/c1-34-21-12-17-20(38-31-27(17)32-39-26-22(35-2)10-16(28)11-23(26)36-3)13-18(21)29-24-14-19(15-7-8-15)33(30-24)25-6-4-5-9-37-25/h10-15,25H,4-9H2,1-3H3,(H,29,30)(H,31,32). The summed E-state index contributed by atoms with van der Waals surface area (Å²) in [6, 6.07) is 9.67. The molecule has 2 fully saturated rings. The van der Waals surface area contributed by atoms with E-state index in [1.807, 2.05) is 24.3 Å². The summed E-state index contributed by atoms with van der Waals surface area (Å²) in [6.07, 6.45) is 5.63. The molecule has 2 aromatic heterocycles. The first-order chi connectivity index (χ1) is 19.1. The average molecular weight is 617 g/mol. The highest BCUT2D eigenvalue weighted by Gasteiger charge is 2.31. The molecule has 4 aromatic rings. The van der Waals surface area contributed by atoms with E-state index in [4.69, 9.17) is 28.6 Å². The van der Waals surface area contributed by atoms with Gasteiger partial charge in [0.15, 0.2) is 23.4 Å². The average Bonchev–Trinajstić information content (AvgIpc) is 3.61. The van der Waals surface area contributed by atoms with E-state index < -0.39 is 0 Å². The summed E-state index contributed by atoms with van der Waals surface area (Å²) in [5.41, 5.74) is 2.58. The van der Waals surface area contributed by atoms with Crippen molar-refractivity contribution in [3.63, 3.8) is 0 Å². The lowest BCUT2D eigenvalue weighted by Gasteiger charge is -2.24. The van der Waals surface area contributed by atoms with E-state index in [2.05, 4.69) is 41.9 Å². The van der Waals surface area contributed by atoms with Crippen molar-refractivity contribution in [1.82, 2.24) is 14.9 Å². The Morgan fingerprint density at radius 3 is 2.41 bits per heavy atom. The lowest BCUT2D eigenvalue weighted by atomic mass is 10.2. The van der Waals surface area contributed by atoms with Gasteiger partial charge < -0.3 is 33.5 Å². The second-order valence-electron chi connectivity index (χ2n) is 9.54. The van der Waals surface area contributed by atoms with Gasteiger partial charge in [-0.3, -0.25) is 0 Å². The van der Waals surface area contributed by atoms with Crippen LogP contribution in [0.4, 0.5) is 17.3 Å². The molecule has 39 heavy (non-hydrogen) atoms. The van der Waals surface area contributed by atoms with Crippen LogP contribution in [0.3, 0.4) is 0 Å². The fraction of sp³-hybridized carbons (Fsp3) is 0.407. The van der Waals surface area contributed by atoms with E-state index in [9.17, 15) is 0 Å². The zero-order valence-corrected chi connectivity index (χ0v) is 24.4. The molecule has 2 aliphatic rings. The van der Waals surface area contributed by atoms with Crippen molar-refractivity contribution in [2.24, 2.45) is 0 Å². The van der Waals surface area contributed by atoms with Gasteiger partial charge in [0.2, 0.25) is 0 Å². The summed E-state index contributed by atoms with van der Waals surface area (Å²) in [5.74, 6) is 3.84. The van der Waals surface area contributed by atoms with Gasteiger partial charge in [-0.2, -0.15) is 5.10 Å². The number of ether oxygens (including phenoxy) is 4. The summed E-state index contributed by atoms with van der Waals surface area (Å²) in [5, 5.41) is 13.4. The van der Waals surface area contributed by atoms with E-state index in [-0.39, 0.29) is 6.23 Å². The molecule has 0 spiro atoms. The number of halogens is 1. The summed E-state index contributed by atoms with van der Waals surface area (Å²) < 4.78 is 34.8. The molecule has 0 amide bonds. The molecule has 1 saturated heterocycles. The van der Waals surface area contributed by atoms with E-state index in [1.165, 1.54) is 30.5 Å². The van der Waals surface area contributed by atoms with Crippen LogP contribution in [0.25, 0.3) is 11.0 Å². The third kappa shape index (κ3) is 5.37. The van der Waals surface area contributed by atoms with E-state index in [0.717, 1.165) is 52.1 Å². The van der Waals surface area contributed by atoms with Gasteiger partial charge in [0.25, 0.3) is 0 Å². The topological polar surface area (TPSA) is 105 Å². The molecule has 1 saturated carbocycles. The normalized spacial score (nSPS) is 17.3. The Balaban J connectivity index is 1.26. The molecule has 12 heteroatoms. The van der Waals surface area contributed by atoms with Gasteiger partial charge in [0.1, 0.15) is 22.1 Å². The molecule has 1 unspecified atom stereocenters. The Labute approximate surface area is 238 Å². The fourth-order valence-corrected chi connectivity index (χ4v) is 6.04. The Hall–Kier alpha value is -3.09. The van der Waals surface area contributed by atoms with E-state index in [0.29, 0.717) is 34.6 Å². The van der Waals surface area contributed by atoms with Crippen LogP contribution in [0, 0.1) is 0 Å². The number of nitrogens with one attached hydrogen (secondary N) is 2. The molecule has 0 bridgehead atoms. The van der Waals surface area contributed by atoms with E-state index in [1.54, 1.807) is 21.3 Å². The maximum atomic E-state index is 6.04. The van der Waals surface area contributed by atoms with Crippen molar-refractivity contribution < 1.29 is 23.5 Å². The smallest absolute Gasteiger partial charge is 0.187 e. The summed E-state index contributed by atoms with van der Waals surface area (Å²) in [4.78, 5) is 0.786. The van der Waals surface area contributed by atoms with Gasteiger partial charge >= 0.3 is 0 Å². The number of aromatic nitrogens is 3. The molecule has 1 atom stereocenters. The van der Waals surface area contributed by atoms with Crippen LogP contribution in [-0.2, 0) is 4.74 Å². The molecule has 206 valence electrons. The Kier molecular flexibility index (Phi) is 7.50. The second kappa shape index (κ2) is 11.2. The Morgan fingerprint density at radius 2 is 1.74 bits per heavy atom. The number of benzene rings is 2. The van der Waals surface area contributed by atoms with Gasteiger partial charge in [-0.05, 0) is 62.3 Å².